The molecular formula is C19H14N4O2. The smallest absolute Gasteiger partial charge is 0.266 e. The molecule has 0 radical (unpaired) electrons. The molecule has 3 rings (SSSR count). The van der Waals surface area contributed by atoms with Gasteiger partial charge in [0.1, 0.15) is 17.4 Å². The van der Waals surface area contributed by atoms with Gasteiger partial charge in [-0.3, -0.25) is 9.78 Å². The number of nitriles is 1. The molecule has 0 saturated carbocycles. The number of nitrogens with zero attached hydrogens (tertiary/aromatic N) is 3. The highest BCUT2D eigenvalue weighted by Crippen LogP contribution is 2.16. The molecule has 6 heteroatoms. The van der Waals surface area contributed by atoms with E-state index in [1.165, 1.54) is 12.3 Å². The Morgan fingerprint density at radius 2 is 1.88 bits per heavy atom. The Labute approximate surface area is 144 Å². The molecule has 0 fully saturated rings. The first kappa shape index (κ1) is 16.1. The second kappa shape index (κ2) is 7.23. The van der Waals surface area contributed by atoms with Gasteiger partial charge < -0.3 is 10.1 Å². The Morgan fingerprint density at radius 1 is 1.16 bits per heavy atom. The lowest BCUT2D eigenvalue weighted by atomic mass is 10.2. The van der Waals surface area contributed by atoms with Crippen LogP contribution in [0.15, 0.2) is 60.3 Å². The van der Waals surface area contributed by atoms with Crippen molar-refractivity contribution in [2.75, 3.05) is 12.4 Å². The number of fused-ring (bicyclic) bond motifs is 1. The zero-order valence-corrected chi connectivity index (χ0v) is 13.4. The molecule has 1 heterocycles. The molecule has 1 aromatic heterocycles. The Bertz CT molecular complexity index is 988. The minimum atomic E-state index is -0.511. The first-order valence-corrected chi connectivity index (χ1v) is 7.48. The van der Waals surface area contributed by atoms with Crippen molar-refractivity contribution in [1.29, 1.82) is 5.26 Å². The quantitative estimate of drug-likeness (QED) is 0.586. The van der Waals surface area contributed by atoms with Gasteiger partial charge in [-0.25, -0.2) is 4.98 Å². The van der Waals surface area contributed by atoms with Gasteiger partial charge in [-0.05, 0) is 42.5 Å². The van der Waals surface area contributed by atoms with Gasteiger partial charge in [-0.15, -0.1) is 0 Å². The van der Waals surface area contributed by atoms with Crippen LogP contribution in [0.1, 0.15) is 5.69 Å². The molecule has 0 unspecified atom stereocenters. The standard InChI is InChI=1S/C19H14N4O2/c1-25-16-8-6-14(7-9-16)23-19(24)13(11-20)10-15-12-21-17-4-2-3-5-18(17)22-15/h2-10,12H,1H3,(H,23,24)/b13-10+. The first-order valence-electron chi connectivity index (χ1n) is 7.48. The molecule has 3 aromatic rings. The number of amides is 1. The summed E-state index contributed by atoms with van der Waals surface area (Å²) >= 11 is 0. The summed E-state index contributed by atoms with van der Waals surface area (Å²) in [5, 5.41) is 12.0. The highest BCUT2D eigenvalue weighted by molar-refractivity contribution is 6.09. The van der Waals surface area contributed by atoms with Gasteiger partial charge in [0, 0.05) is 5.69 Å². The van der Waals surface area contributed by atoms with E-state index in [-0.39, 0.29) is 5.57 Å². The second-order valence-electron chi connectivity index (χ2n) is 5.14. The molecule has 0 aliphatic rings. The van der Waals surface area contributed by atoms with E-state index in [1.807, 2.05) is 30.3 Å². The van der Waals surface area contributed by atoms with Gasteiger partial charge in [0.15, 0.2) is 0 Å². The molecule has 25 heavy (non-hydrogen) atoms. The predicted octanol–water partition coefficient (Wildman–Crippen LogP) is 3.18. The third kappa shape index (κ3) is 3.79. The van der Waals surface area contributed by atoms with Crippen LogP contribution < -0.4 is 10.1 Å². The number of nitrogens with one attached hydrogen (secondary N) is 1. The number of carbonyl (C=O) groups excluding carboxylic acids is 1. The Kier molecular flexibility index (Phi) is 4.67. The molecule has 0 spiro atoms. The van der Waals surface area contributed by atoms with Crippen LogP contribution in [-0.4, -0.2) is 23.0 Å². The SMILES string of the molecule is COc1ccc(NC(=O)/C(C#N)=C/c2cnc3ccccc3n2)cc1. The maximum absolute atomic E-state index is 12.3. The Balaban J connectivity index is 1.82. The number of benzene rings is 2. The molecule has 0 atom stereocenters. The summed E-state index contributed by atoms with van der Waals surface area (Å²) in [5.41, 5.74) is 2.40. The fraction of sp³-hybridized carbons (Fsp3) is 0.0526. The number of hydrogen-bond donors (Lipinski definition) is 1. The van der Waals surface area contributed by atoms with Crippen LogP contribution in [0, 0.1) is 11.3 Å². The Morgan fingerprint density at radius 3 is 2.56 bits per heavy atom. The normalized spacial score (nSPS) is 11.0. The molecule has 1 N–H and O–H groups in total. The lowest BCUT2D eigenvalue weighted by molar-refractivity contribution is -0.112. The number of rotatable bonds is 4. The number of para-hydroxylation sites is 2. The summed E-state index contributed by atoms with van der Waals surface area (Å²) in [7, 11) is 1.56. The summed E-state index contributed by atoms with van der Waals surface area (Å²) in [6.07, 6.45) is 2.94. The van der Waals surface area contributed by atoms with Crippen molar-refractivity contribution in [3.8, 4) is 11.8 Å². The van der Waals surface area contributed by atoms with E-state index in [0.717, 1.165) is 5.52 Å². The lowest BCUT2D eigenvalue weighted by Crippen LogP contribution is -2.13. The minimum absolute atomic E-state index is 0.0552. The van der Waals surface area contributed by atoms with Crippen molar-refractivity contribution in [1.82, 2.24) is 9.97 Å². The van der Waals surface area contributed by atoms with Crippen molar-refractivity contribution in [2.45, 2.75) is 0 Å². The number of anilines is 1. The van der Waals surface area contributed by atoms with Gasteiger partial charge in [0.25, 0.3) is 5.91 Å². The van der Waals surface area contributed by atoms with Crippen molar-refractivity contribution in [3.05, 3.63) is 66.0 Å². The van der Waals surface area contributed by atoms with Gasteiger partial charge in [-0.1, -0.05) is 12.1 Å². The maximum atomic E-state index is 12.3. The summed E-state index contributed by atoms with van der Waals surface area (Å²) in [6, 6.07) is 16.1. The summed E-state index contributed by atoms with van der Waals surface area (Å²) in [6.45, 7) is 0. The van der Waals surface area contributed by atoms with Gasteiger partial charge >= 0.3 is 0 Å². The van der Waals surface area contributed by atoms with E-state index in [4.69, 9.17) is 4.74 Å². The van der Waals surface area contributed by atoms with Crippen LogP contribution in [0.25, 0.3) is 17.1 Å². The topological polar surface area (TPSA) is 87.9 Å². The number of ether oxygens (including phenoxy) is 1. The molecule has 122 valence electrons. The largest absolute Gasteiger partial charge is 0.497 e. The van der Waals surface area contributed by atoms with Crippen LogP contribution in [0.3, 0.4) is 0 Å². The van der Waals surface area contributed by atoms with Crippen molar-refractivity contribution in [2.24, 2.45) is 0 Å². The van der Waals surface area contributed by atoms with Gasteiger partial charge in [-0.2, -0.15) is 5.26 Å². The van der Waals surface area contributed by atoms with Crippen LogP contribution in [0.4, 0.5) is 5.69 Å². The third-order valence-electron chi connectivity index (χ3n) is 3.47. The summed E-state index contributed by atoms with van der Waals surface area (Å²) in [5.74, 6) is 0.170. The maximum Gasteiger partial charge on any atom is 0.266 e. The van der Waals surface area contributed by atoms with Crippen LogP contribution in [0.5, 0.6) is 5.75 Å². The fourth-order valence-electron chi connectivity index (χ4n) is 2.21. The molecule has 0 aliphatic heterocycles. The molecule has 2 aromatic carbocycles. The summed E-state index contributed by atoms with van der Waals surface area (Å²) < 4.78 is 5.07. The van der Waals surface area contributed by atoms with E-state index in [1.54, 1.807) is 31.4 Å². The van der Waals surface area contributed by atoms with Gasteiger partial charge in [0.2, 0.25) is 0 Å². The Hall–Kier alpha value is -3.72. The number of methoxy groups -OCH3 is 1. The van der Waals surface area contributed by atoms with E-state index < -0.39 is 5.91 Å². The van der Waals surface area contributed by atoms with Crippen LogP contribution >= 0.6 is 0 Å². The average Bonchev–Trinajstić information content (AvgIpc) is 2.66. The number of aromatic nitrogens is 2. The zero-order valence-electron chi connectivity index (χ0n) is 13.4. The van der Waals surface area contributed by atoms with Crippen LogP contribution in [0.2, 0.25) is 0 Å². The molecule has 0 bridgehead atoms. The van der Waals surface area contributed by atoms with Crippen LogP contribution in [-0.2, 0) is 4.79 Å². The zero-order chi connectivity index (χ0) is 17.6. The van der Waals surface area contributed by atoms with Crippen molar-refractivity contribution in [3.63, 3.8) is 0 Å². The minimum Gasteiger partial charge on any atom is -0.497 e. The fourth-order valence-corrected chi connectivity index (χ4v) is 2.21. The molecule has 6 nitrogen and oxygen atoms in total. The molecule has 0 saturated heterocycles. The second-order valence-corrected chi connectivity index (χ2v) is 5.14. The lowest BCUT2D eigenvalue weighted by Gasteiger charge is -2.05. The molecule has 0 aliphatic carbocycles. The van der Waals surface area contributed by atoms with Gasteiger partial charge in [0.05, 0.1) is 30.0 Å². The first-order chi connectivity index (χ1) is 12.2. The third-order valence-corrected chi connectivity index (χ3v) is 3.47. The number of hydrogen-bond acceptors (Lipinski definition) is 5. The predicted molar refractivity (Wildman–Crippen MR) is 94.8 cm³/mol. The van der Waals surface area contributed by atoms with Crippen molar-refractivity contribution < 1.29 is 9.53 Å². The average molecular weight is 330 g/mol. The molecular weight excluding hydrogens is 316 g/mol. The van der Waals surface area contributed by atoms with E-state index >= 15 is 0 Å². The summed E-state index contributed by atoms with van der Waals surface area (Å²) in [4.78, 5) is 20.9. The molecule has 1 amide bonds. The monoisotopic (exact) mass is 330 g/mol. The number of carbonyl (C=O) groups is 1. The van der Waals surface area contributed by atoms with E-state index in [2.05, 4.69) is 15.3 Å². The highest BCUT2D eigenvalue weighted by Gasteiger charge is 2.10. The van der Waals surface area contributed by atoms with E-state index in [0.29, 0.717) is 22.6 Å². The van der Waals surface area contributed by atoms with E-state index in [9.17, 15) is 10.1 Å². The van der Waals surface area contributed by atoms with Crippen molar-refractivity contribution >= 4 is 28.7 Å². The highest BCUT2D eigenvalue weighted by atomic mass is 16.5.